The molecule has 0 saturated heterocycles. The van der Waals surface area contributed by atoms with Crippen LogP contribution in [0.15, 0.2) is 29.2 Å². The van der Waals surface area contributed by atoms with Crippen molar-refractivity contribution in [1.82, 2.24) is 20.1 Å². The molecule has 2 heterocycles. The van der Waals surface area contributed by atoms with E-state index in [4.69, 9.17) is 17.0 Å². The van der Waals surface area contributed by atoms with E-state index in [2.05, 4.69) is 20.7 Å². The molecule has 146 valence electrons. The zero-order chi connectivity index (χ0) is 20.6. The molecule has 0 atom stereocenters. The molecule has 2 aromatic heterocycles. The number of halogens is 4. The van der Waals surface area contributed by atoms with Gasteiger partial charge >= 0.3 is 12.2 Å². The summed E-state index contributed by atoms with van der Waals surface area (Å²) in [4.78, 5) is 28.1. The van der Waals surface area contributed by atoms with Crippen molar-refractivity contribution in [2.45, 2.75) is 6.18 Å². The Morgan fingerprint density at radius 2 is 2.11 bits per heavy atom. The standard InChI is InChI=1S/C16H12ClF3N6O2/c1-22-15(28)24-13-8(5-21)12-9(6-23-13)14(27)26(25-12)7-2-3-11(17)10(4-7)16(18,19)20/h2-6,21,25H,1H3,(H2,22,23,24,28). The smallest absolute Gasteiger partial charge is 0.341 e. The second-order valence-electron chi connectivity index (χ2n) is 5.57. The number of aromatic nitrogens is 3. The Morgan fingerprint density at radius 3 is 2.71 bits per heavy atom. The Morgan fingerprint density at radius 1 is 1.39 bits per heavy atom. The van der Waals surface area contributed by atoms with Crippen LogP contribution >= 0.6 is 11.6 Å². The number of benzene rings is 1. The predicted octanol–water partition coefficient (Wildman–Crippen LogP) is 3.13. The summed E-state index contributed by atoms with van der Waals surface area (Å²) in [7, 11) is 1.38. The van der Waals surface area contributed by atoms with Gasteiger partial charge in [0.15, 0.2) is 0 Å². The molecule has 0 aliphatic heterocycles. The van der Waals surface area contributed by atoms with Crippen molar-refractivity contribution in [3.8, 4) is 5.69 Å². The number of H-pyrrole nitrogens is 1. The summed E-state index contributed by atoms with van der Waals surface area (Å²) in [5.41, 5.74) is -1.65. The summed E-state index contributed by atoms with van der Waals surface area (Å²) in [5, 5.41) is 14.5. The Balaban J connectivity index is 2.22. The Kier molecular flexibility index (Phi) is 4.86. The van der Waals surface area contributed by atoms with Crippen LogP contribution in [-0.2, 0) is 6.18 Å². The number of carbonyl (C=O) groups excluding carboxylic acids is 1. The van der Waals surface area contributed by atoms with Gasteiger partial charge in [-0.2, -0.15) is 13.2 Å². The number of urea groups is 1. The lowest BCUT2D eigenvalue weighted by atomic mass is 10.2. The Hall–Kier alpha value is -3.34. The van der Waals surface area contributed by atoms with E-state index >= 15 is 0 Å². The van der Waals surface area contributed by atoms with E-state index in [1.807, 2.05) is 0 Å². The number of nitrogens with one attached hydrogen (secondary N) is 4. The maximum atomic E-state index is 13.1. The molecule has 0 spiro atoms. The number of alkyl halides is 3. The van der Waals surface area contributed by atoms with E-state index in [0.717, 1.165) is 29.2 Å². The minimum Gasteiger partial charge on any atom is -0.341 e. The quantitative estimate of drug-likeness (QED) is 0.495. The summed E-state index contributed by atoms with van der Waals surface area (Å²) >= 11 is 5.61. The van der Waals surface area contributed by atoms with E-state index in [9.17, 15) is 22.8 Å². The molecule has 0 radical (unpaired) electrons. The molecule has 1 aromatic carbocycles. The fraction of sp³-hybridized carbons (Fsp3) is 0.125. The molecule has 3 rings (SSSR count). The van der Waals surface area contributed by atoms with Crippen molar-refractivity contribution in [3.63, 3.8) is 0 Å². The van der Waals surface area contributed by atoms with Gasteiger partial charge in [0, 0.05) is 19.5 Å². The van der Waals surface area contributed by atoms with Crippen molar-refractivity contribution >= 4 is 40.6 Å². The Labute approximate surface area is 159 Å². The van der Waals surface area contributed by atoms with Gasteiger partial charge in [0.25, 0.3) is 5.56 Å². The van der Waals surface area contributed by atoms with Crippen molar-refractivity contribution in [2.24, 2.45) is 0 Å². The minimum absolute atomic E-state index is 0.00216. The average Bonchev–Trinajstić information content (AvgIpc) is 2.97. The van der Waals surface area contributed by atoms with Crippen LogP contribution < -0.4 is 16.2 Å². The lowest BCUT2D eigenvalue weighted by Crippen LogP contribution is -2.25. The number of nitrogens with zero attached hydrogens (tertiary/aromatic N) is 2. The maximum Gasteiger partial charge on any atom is 0.417 e. The molecule has 0 aliphatic carbocycles. The SMILES string of the molecule is CNC(=O)Nc1ncc2c(=O)n(-c3ccc(Cl)c(C(F)(F)F)c3)[nH]c2c1C=N. The molecule has 12 heteroatoms. The van der Waals surface area contributed by atoms with Crippen LogP contribution in [0.25, 0.3) is 16.6 Å². The first kappa shape index (κ1) is 19.4. The molecule has 28 heavy (non-hydrogen) atoms. The highest BCUT2D eigenvalue weighted by Crippen LogP contribution is 2.35. The van der Waals surface area contributed by atoms with E-state index in [0.29, 0.717) is 0 Å². The molecule has 0 bridgehead atoms. The topological polar surface area (TPSA) is 116 Å². The fourth-order valence-electron chi connectivity index (χ4n) is 2.55. The molecule has 3 aromatic rings. The molecule has 4 N–H and O–H groups in total. The third kappa shape index (κ3) is 3.31. The number of anilines is 1. The van der Waals surface area contributed by atoms with Crippen LogP contribution in [0.4, 0.5) is 23.8 Å². The van der Waals surface area contributed by atoms with E-state index in [-0.39, 0.29) is 28.0 Å². The molecular formula is C16H12ClF3N6O2. The van der Waals surface area contributed by atoms with E-state index in [1.165, 1.54) is 13.1 Å². The minimum atomic E-state index is -4.70. The first-order valence-electron chi connectivity index (χ1n) is 7.67. The number of rotatable bonds is 3. The van der Waals surface area contributed by atoms with E-state index in [1.54, 1.807) is 0 Å². The van der Waals surface area contributed by atoms with Crippen LogP contribution in [0, 0.1) is 5.41 Å². The van der Waals surface area contributed by atoms with Gasteiger partial charge in [-0.05, 0) is 18.2 Å². The highest BCUT2D eigenvalue weighted by molar-refractivity contribution is 6.31. The van der Waals surface area contributed by atoms with Gasteiger partial charge < -0.3 is 10.7 Å². The number of amides is 2. The highest BCUT2D eigenvalue weighted by atomic mass is 35.5. The predicted molar refractivity (Wildman–Crippen MR) is 97.7 cm³/mol. The largest absolute Gasteiger partial charge is 0.417 e. The molecule has 0 fully saturated rings. The van der Waals surface area contributed by atoms with E-state index < -0.39 is 28.4 Å². The van der Waals surface area contributed by atoms with Gasteiger partial charge in [0.1, 0.15) is 5.82 Å². The van der Waals surface area contributed by atoms with Crippen LogP contribution in [0.1, 0.15) is 11.1 Å². The molecule has 2 amide bonds. The molecular weight excluding hydrogens is 401 g/mol. The number of aromatic amines is 1. The van der Waals surface area contributed by atoms with Gasteiger partial charge in [-0.25, -0.2) is 14.5 Å². The van der Waals surface area contributed by atoms with Crippen LogP contribution in [0.3, 0.4) is 0 Å². The maximum absolute atomic E-state index is 13.1. The number of carbonyl (C=O) groups is 1. The van der Waals surface area contributed by atoms with Gasteiger partial charge in [0.2, 0.25) is 0 Å². The zero-order valence-corrected chi connectivity index (χ0v) is 14.9. The number of pyridine rings is 1. The third-order valence-electron chi connectivity index (χ3n) is 3.89. The second-order valence-corrected chi connectivity index (χ2v) is 5.98. The van der Waals surface area contributed by atoms with Gasteiger partial charge in [-0.15, -0.1) is 0 Å². The number of hydrogen-bond donors (Lipinski definition) is 4. The number of hydrogen-bond acceptors (Lipinski definition) is 4. The van der Waals surface area contributed by atoms with Crippen molar-refractivity contribution < 1.29 is 18.0 Å². The monoisotopic (exact) mass is 412 g/mol. The summed E-state index contributed by atoms with van der Waals surface area (Å²) in [6, 6.07) is 2.42. The molecule has 0 unspecified atom stereocenters. The fourth-order valence-corrected chi connectivity index (χ4v) is 2.78. The summed E-state index contributed by atoms with van der Waals surface area (Å²) in [5.74, 6) is 0.00216. The lowest BCUT2D eigenvalue weighted by molar-refractivity contribution is -0.137. The zero-order valence-electron chi connectivity index (χ0n) is 14.1. The lowest BCUT2D eigenvalue weighted by Gasteiger charge is -2.11. The molecule has 8 nitrogen and oxygen atoms in total. The first-order chi connectivity index (χ1) is 13.2. The molecule has 0 aliphatic rings. The van der Waals surface area contributed by atoms with Crippen molar-refractivity contribution in [1.29, 1.82) is 5.41 Å². The third-order valence-corrected chi connectivity index (χ3v) is 4.22. The average molecular weight is 413 g/mol. The second kappa shape index (κ2) is 7.00. The number of fused-ring (bicyclic) bond motifs is 1. The summed E-state index contributed by atoms with van der Waals surface area (Å²) in [6.07, 6.45) is -2.68. The highest BCUT2D eigenvalue weighted by Gasteiger charge is 2.33. The van der Waals surface area contributed by atoms with Gasteiger partial charge in [-0.3, -0.25) is 15.2 Å². The van der Waals surface area contributed by atoms with Crippen LogP contribution in [-0.4, -0.2) is 34.1 Å². The normalized spacial score (nSPS) is 11.5. The Bertz CT molecular complexity index is 1150. The van der Waals surface area contributed by atoms with Gasteiger partial charge in [0.05, 0.1) is 32.7 Å². The molecule has 0 saturated carbocycles. The van der Waals surface area contributed by atoms with Crippen molar-refractivity contribution in [3.05, 3.63) is 50.9 Å². The summed E-state index contributed by atoms with van der Waals surface area (Å²) in [6.45, 7) is 0. The van der Waals surface area contributed by atoms with Crippen molar-refractivity contribution in [2.75, 3.05) is 12.4 Å². The van der Waals surface area contributed by atoms with Gasteiger partial charge in [-0.1, -0.05) is 11.6 Å². The van der Waals surface area contributed by atoms with Crippen LogP contribution in [0.2, 0.25) is 5.02 Å². The first-order valence-corrected chi connectivity index (χ1v) is 8.05. The summed E-state index contributed by atoms with van der Waals surface area (Å²) < 4.78 is 40.2. The van der Waals surface area contributed by atoms with Crippen LogP contribution in [0.5, 0.6) is 0 Å².